The Morgan fingerprint density at radius 3 is 2.41 bits per heavy atom. The molecule has 1 aliphatic heterocycles. The summed E-state index contributed by atoms with van der Waals surface area (Å²) in [6, 6.07) is 7.41. The van der Waals surface area contributed by atoms with E-state index in [2.05, 4.69) is 27.9 Å². The zero-order chi connectivity index (χ0) is 19.4. The van der Waals surface area contributed by atoms with Crippen molar-refractivity contribution in [3.63, 3.8) is 0 Å². The van der Waals surface area contributed by atoms with Crippen molar-refractivity contribution in [2.75, 3.05) is 34.4 Å². The van der Waals surface area contributed by atoms with Crippen LogP contribution in [-0.4, -0.2) is 56.1 Å². The topological polar surface area (TPSA) is 55.2 Å². The molecule has 3 rings (SSSR count). The van der Waals surface area contributed by atoms with Crippen LogP contribution < -0.4 is 9.47 Å². The summed E-state index contributed by atoms with van der Waals surface area (Å²) in [5, 5.41) is 0. The van der Waals surface area contributed by atoms with Gasteiger partial charge in [0.15, 0.2) is 0 Å². The Balaban J connectivity index is 1.92. The molecule has 1 fully saturated rings. The minimum absolute atomic E-state index is 0.0509. The Kier molecular flexibility index (Phi) is 6.44. The summed E-state index contributed by atoms with van der Waals surface area (Å²) >= 11 is 3.46. The van der Waals surface area contributed by atoms with Crippen LogP contribution in [0.5, 0.6) is 11.5 Å². The number of likely N-dealkylation sites (tertiary alicyclic amines) is 1. The summed E-state index contributed by atoms with van der Waals surface area (Å²) in [4.78, 5) is 17.6. The molecule has 0 atom stereocenters. The third-order valence-corrected chi connectivity index (χ3v) is 5.77. The lowest BCUT2D eigenvalue weighted by atomic mass is 10.0. The fourth-order valence-corrected chi connectivity index (χ4v) is 3.96. The Morgan fingerprint density at radius 2 is 1.89 bits per heavy atom. The first-order valence-electron chi connectivity index (χ1n) is 8.97. The fourth-order valence-electron chi connectivity index (χ4n) is 3.40. The van der Waals surface area contributed by atoms with Gasteiger partial charge in [-0.15, -0.1) is 0 Å². The number of carbonyl (C=O) groups is 1. The minimum atomic E-state index is -0.0509. The maximum Gasteiger partial charge on any atom is 0.254 e. The Bertz CT molecular complexity index is 745. The lowest BCUT2D eigenvalue weighted by molar-refractivity contribution is 0.0550. The fraction of sp³-hybridized carbons (Fsp3) is 0.450. The van der Waals surface area contributed by atoms with Gasteiger partial charge in [-0.25, -0.2) is 0 Å². The average molecular weight is 437 g/mol. The normalized spacial score (nSPS) is 15.6. The third kappa shape index (κ3) is 4.47. The highest BCUT2D eigenvalue weighted by Crippen LogP contribution is 2.36. The molecule has 146 valence electrons. The summed E-state index contributed by atoms with van der Waals surface area (Å²) in [6.45, 7) is 2.39. The Morgan fingerprint density at radius 1 is 1.26 bits per heavy atom. The number of piperidine rings is 1. The van der Waals surface area contributed by atoms with E-state index in [0.717, 1.165) is 31.7 Å². The van der Waals surface area contributed by atoms with Gasteiger partial charge in [0.1, 0.15) is 21.7 Å². The van der Waals surface area contributed by atoms with Crippen LogP contribution in [0, 0.1) is 0 Å². The molecule has 0 saturated carbocycles. The van der Waals surface area contributed by atoms with Crippen LogP contribution >= 0.6 is 15.9 Å². The van der Waals surface area contributed by atoms with E-state index < -0.39 is 0 Å². The summed E-state index contributed by atoms with van der Waals surface area (Å²) in [5.74, 6) is 1.86. The van der Waals surface area contributed by atoms with Crippen LogP contribution in [0.15, 0.2) is 39.4 Å². The van der Waals surface area contributed by atoms with Gasteiger partial charge in [0.2, 0.25) is 0 Å². The van der Waals surface area contributed by atoms with Gasteiger partial charge in [-0.05, 0) is 73.2 Å². The quantitative estimate of drug-likeness (QED) is 0.689. The molecule has 1 aromatic carbocycles. The number of benzene rings is 1. The molecule has 0 bridgehead atoms. The van der Waals surface area contributed by atoms with Gasteiger partial charge in [0.25, 0.3) is 5.91 Å². The number of hydrogen-bond donors (Lipinski definition) is 0. The summed E-state index contributed by atoms with van der Waals surface area (Å²) in [5.41, 5.74) is 0.539. The first kappa shape index (κ1) is 19.8. The van der Waals surface area contributed by atoms with Crippen molar-refractivity contribution in [2.45, 2.75) is 25.4 Å². The first-order valence-corrected chi connectivity index (χ1v) is 9.76. The zero-order valence-electron chi connectivity index (χ0n) is 15.9. The van der Waals surface area contributed by atoms with Gasteiger partial charge in [-0.3, -0.25) is 4.79 Å². The molecule has 1 saturated heterocycles. The molecular weight excluding hydrogens is 412 g/mol. The smallest absolute Gasteiger partial charge is 0.254 e. The highest BCUT2D eigenvalue weighted by atomic mass is 79.9. The number of furan rings is 1. The molecule has 6 nitrogen and oxygen atoms in total. The van der Waals surface area contributed by atoms with Crippen LogP contribution in [-0.2, 0) is 6.54 Å². The molecule has 2 aromatic rings. The third-order valence-electron chi connectivity index (χ3n) is 4.99. The van der Waals surface area contributed by atoms with Gasteiger partial charge >= 0.3 is 0 Å². The number of ether oxygens (including phenoxy) is 2. The van der Waals surface area contributed by atoms with E-state index in [4.69, 9.17) is 13.9 Å². The van der Waals surface area contributed by atoms with Crippen LogP contribution in [0.4, 0.5) is 0 Å². The van der Waals surface area contributed by atoms with Crippen molar-refractivity contribution < 1.29 is 18.7 Å². The molecule has 2 heterocycles. The largest absolute Gasteiger partial charge is 0.495 e. The van der Waals surface area contributed by atoms with Crippen LogP contribution in [0.3, 0.4) is 0 Å². The van der Waals surface area contributed by atoms with Gasteiger partial charge in [0.05, 0.1) is 27.0 Å². The van der Waals surface area contributed by atoms with Gasteiger partial charge in [-0.1, -0.05) is 0 Å². The number of rotatable bonds is 6. The number of halogens is 1. The average Bonchev–Trinajstić information content (AvgIpc) is 3.20. The number of hydrogen-bond acceptors (Lipinski definition) is 5. The second-order valence-corrected chi connectivity index (χ2v) is 7.53. The van der Waals surface area contributed by atoms with E-state index in [0.29, 0.717) is 28.1 Å². The number of nitrogens with zero attached hydrogens (tertiary/aromatic N) is 2. The SMILES string of the molecule is COc1cc(C(=O)N(Cc2ccco2)C2CCN(C)CC2)cc(OC)c1Br. The second-order valence-electron chi connectivity index (χ2n) is 6.74. The first-order chi connectivity index (χ1) is 13.0. The lowest BCUT2D eigenvalue weighted by Crippen LogP contribution is -2.46. The van der Waals surface area contributed by atoms with Crippen molar-refractivity contribution >= 4 is 21.8 Å². The molecule has 1 amide bonds. The van der Waals surface area contributed by atoms with Crippen molar-refractivity contribution in [1.29, 1.82) is 0 Å². The van der Waals surface area contributed by atoms with E-state index in [9.17, 15) is 4.79 Å². The predicted octanol–water partition coefficient (Wildman–Crippen LogP) is 3.80. The standard InChI is InChI=1S/C20H25BrN2O4/c1-22-8-6-15(7-9-22)23(13-16-5-4-10-27-16)20(24)14-11-17(25-2)19(21)18(12-14)26-3/h4-5,10-12,15H,6-9,13H2,1-3H3. The number of methoxy groups -OCH3 is 2. The molecule has 0 unspecified atom stereocenters. The highest BCUT2D eigenvalue weighted by molar-refractivity contribution is 9.10. The number of amides is 1. The number of carbonyl (C=O) groups excluding carboxylic acids is 1. The van der Waals surface area contributed by atoms with Crippen molar-refractivity contribution in [3.8, 4) is 11.5 Å². The molecule has 1 aromatic heterocycles. The van der Waals surface area contributed by atoms with Crippen LogP contribution in [0.2, 0.25) is 0 Å². The van der Waals surface area contributed by atoms with Crippen molar-refractivity contribution in [2.24, 2.45) is 0 Å². The molecule has 0 spiro atoms. The molecule has 0 aliphatic carbocycles. The summed E-state index contributed by atoms with van der Waals surface area (Å²) < 4.78 is 17.0. The maximum absolute atomic E-state index is 13.4. The maximum atomic E-state index is 13.4. The van der Waals surface area contributed by atoms with Gasteiger partial charge < -0.3 is 23.7 Å². The molecule has 27 heavy (non-hydrogen) atoms. The van der Waals surface area contributed by atoms with E-state index >= 15 is 0 Å². The van der Waals surface area contributed by atoms with E-state index in [-0.39, 0.29) is 11.9 Å². The van der Waals surface area contributed by atoms with E-state index in [1.165, 1.54) is 0 Å². The Hall–Kier alpha value is -1.99. The molecule has 0 N–H and O–H groups in total. The minimum Gasteiger partial charge on any atom is -0.495 e. The predicted molar refractivity (Wildman–Crippen MR) is 106 cm³/mol. The van der Waals surface area contributed by atoms with Gasteiger partial charge in [-0.2, -0.15) is 0 Å². The lowest BCUT2D eigenvalue weighted by Gasteiger charge is -2.37. The zero-order valence-corrected chi connectivity index (χ0v) is 17.5. The molecular formula is C20H25BrN2O4. The second kappa shape index (κ2) is 8.80. The molecule has 0 radical (unpaired) electrons. The highest BCUT2D eigenvalue weighted by Gasteiger charge is 2.29. The summed E-state index contributed by atoms with van der Waals surface area (Å²) in [7, 11) is 5.26. The van der Waals surface area contributed by atoms with Crippen LogP contribution in [0.25, 0.3) is 0 Å². The monoisotopic (exact) mass is 436 g/mol. The molecule has 7 heteroatoms. The molecule has 1 aliphatic rings. The van der Waals surface area contributed by atoms with Gasteiger partial charge in [0, 0.05) is 11.6 Å². The van der Waals surface area contributed by atoms with Crippen LogP contribution in [0.1, 0.15) is 29.0 Å². The van der Waals surface area contributed by atoms with Crippen molar-refractivity contribution in [3.05, 3.63) is 46.3 Å². The Labute approximate surface area is 168 Å². The van der Waals surface area contributed by atoms with E-state index in [1.54, 1.807) is 32.6 Å². The summed E-state index contributed by atoms with van der Waals surface area (Å²) in [6.07, 6.45) is 3.51. The van der Waals surface area contributed by atoms with Crippen molar-refractivity contribution in [1.82, 2.24) is 9.80 Å². The van der Waals surface area contributed by atoms with E-state index in [1.807, 2.05) is 17.0 Å².